The van der Waals surface area contributed by atoms with E-state index < -0.39 is 18.1 Å². The van der Waals surface area contributed by atoms with Gasteiger partial charge in [0.05, 0.1) is 12.5 Å². The summed E-state index contributed by atoms with van der Waals surface area (Å²) in [5.41, 5.74) is 5.22. The predicted molar refractivity (Wildman–Crippen MR) is 52.9 cm³/mol. The van der Waals surface area contributed by atoms with Gasteiger partial charge in [-0.25, -0.2) is 0 Å². The summed E-state index contributed by atoms with van der Waals surface area (Å²) in [5, 5.41) is 28.1. The molecular formula is C10H13NO4. The van der Waals surface area contributed by atoms with E-state index in [9.17, 15) is 15.0 Å². The number of primary amides is 1. The van der Waals surface area contributed by atoms with Gasteiger partial charge in [-0.05, 0) is 17.7 Å². The Balaban J connectivity index is 2.75. The highest BCUT2D eigenvalue weighted by molar-refractivity contribution is 5.74. The van der Waals surface area contributed by atoms with Crippen LogP contribution in [-0.4, -0.2) is 27.3 Å². The van der Waals surface area contributed by atoms with Crippen LogP contribution in [0.25, 0.3) is 0 Å². The van der Waals surface area contributed by atoms with Gasteiger partial charge in [0.15, 0.2) is 0 Å². The summed E-state index contributed by atoms with van der Waals surface area (Å²) in [6.07, 6.45) is -2.81. The third kappa shape index (κ3) is 3.23. The number of nitrogens with two attached hydrogens (primary N) is 1. The largest absolute Gasteiger partial charge is 0.508 e. The molecule has 2 unspecified atom stereocenters. The van der Waals surface area contributed by atoms with Gasteiger partial charge in [0.25, 0.3) is 0 Å². The van der Waals surface area contributed by atoms with Gasteiger partial charge in [-0.15, -0.1) is 0 Å². The van der Waals surface area contributed by atoms with Crippen LogP contribution in [0.15, 0.2) is 24.3 Å². The Morgan fingerprint density at radius 1 is 1.40 bits per heavy atom. The minimum Gasteiger partial charge on any atom is -0.508 e. The van der Waals surface area contributed by atoms with Gasteiger partial charge in [-0.3, -0.25) is 4.79 Å². The highest BCUT2D eigenvalue weighted by atomic mass is 16.3. The monoisotopic (exact) mass is 211 g/mol. The molecule has 5 heteroatoms. The average molecular weight is 211 g/mol. The first-order valence-electron chi connectivity index (χ1n) is 4.44. The molecule has 0 aliphatic rings. The standard InChI is InChI=1S/C10H13NO4/c11-9(14)5-8(13)10(15)6-2-1-3-7(12)4-6/h1-4,8,10,12-13,15H,5H2,(H2,11,14). The Hall–Kier alpha value is -1.59. The number of rotatable bonds is 4. The lowest BCUT2D eigenvalue weighted by atomic mass is 10.0. The number of aliphatic hydroxyl groups excluding tert-OH is 2. The van der Waals surface area contributed by atoms with E-state index in [2.05, 4.69) is 0 Å². The van der Waals surface area contributed by atoms with Crippen molar-refractivity contribution in [2.75, 3.05) is 0 Å². The van der Waals surface area contributed by atoms with Gasteiger partial charge < -0.3 is 21.1 Å². The van der Waals surface area contributed by atoms with Gasteiger partial charge in [0.1, 0.15) is 11.9 Å². The fourth-order valence-corrected chi connectivity index (χ4v) is 1.25. The number of phenols is 1. The predicted octanol–water partition coefficient (Wildman–Crippen LogP) is -0.338. The van der Waals surface area contributed by atoms with Gasteiger partial charge in [0.2, 0.25) is 5.91 Å². The molecule has 0 saturated heterocycles. The van der Waals surface area contributed by atoms with E-state index in [1.165, 1.54) is 24.3 Å². The summed E-state index contributed by atoms with van der Waals surface area (Å²) >= 11 is 0. The summed E-state index contributed by atoms with van der Waals surface area (Å²) in [7, 11) is 0. The smallest absolute Gasteiger partial charge is 0.220 e. The normalized spacial score (nSPS) is 14.5. The van der Waals surface area contributed by atoms with Crippen LogP contribution < -0.4 is 5.73 Å². The van der Waals surface area contributed by atoms with Crippen LogP contribution in [0.5, 0.6) is 5.75 Å². The van der Waals surface area contributed by atoms with E-state index >= 15 is 0 Å². The fourth-order valence-electron chi connectivity index (χ4n) is 1.25. The zero-order valence-electron chi connectivity index (χ0n) is 8.00. The summed E-state index contributed by atoms with van der Waals surface area (Å²) in [5.74, 6) is -0.709. The van der Waals surface area contributed by atoms with Crippen molar-refractivity contribution in [3.05, 3.63) is 29.8 Å². The Labute approximate surface area is 86.8 Å². The molecule has 1 amide bonds. The second-order valence-corrected chi connectivity index (χ2v) is 3.28. The second kappa shape index (κ2) is 4.77. The molecule has 5 nitrogen and oxygen atoms in total. The fraction of sp³-hybridized carbons (Fsp3) is 0.300. The molecular weight excluding hydrogens is 198 g/mol. The number of carbonyl (C=O) groups excluding carboxylic acids is 1. The maximum Gasteiger partial charge on any atom is 0.220 e. The summed E-state index contributed by atoms with van der Waals surface area (Å²) in [6, 6.07) is 5.82. The lowest BCUT2D eigenvalue weighted by Gasteiger charge is -2.16. The topological polar surface area (TPSA) is 104 Å². The molecule has 0 spiro atoms. The SMILES string of the molecule is NC(=O)CC(O)C(O)c1cccc(O)c1. The summed E-state index contributed by atoms with van der Waals surface area (Å²) in [6.45, 7) is 0. The molecule has 1 aromatic carbocycles. The number of carbonyl (C=O) groups is 1. The maximum atomic E-state index is 10.5. The van der Waals surface area contributed by atoms with Crippen LogP contribution in [-0.2, 0) is 4.79 Å². The van der Waals surface area contributed by atoms with Crippen molar-refractivity contribution in [3.63, 3.8) is 0 Å². The first-order valence-corrected chi connectivity index (χ1v) is 4.44. The van der Waals surface area contributed by atoms with Crippen LogP contribution in [0.3, 0.4) is 0 Å². The first kappa shape index (κ1) is 11.5. The third-order valence-corrected chi connectivity index (χ3v) is 1.99. The number of hydrogen-bond acceptors (Lipinski definition) is 4. The lowest BCUT2D eigenvalue weighted by molar-refractivity contribution is -0.121. The number of phenolic OH excluding ortho intramolecular Hbond substituents is 1. The second-order valence-electron chi connectivity index (χ2n) is 3.28. The van der Waals surface area contributed by atoms with Crippen LogP contribution in [0, 0.1) is 0 Å². The van der Waals surface area contributed by atoms with Crippen LogP contribution in [0.4, 0.5) is 0 Å². The average Bonchev–Trinajstić information content (AvgIpc) is 2.15. The molecule has 0 aromatic heterocycles. The van der Waals surface area contributed by atoms with Gasteiger partial charge >= 0.3 is 0 Å². The van der Waals surface area contributed by atoms with E-state index in [0.29, 0.717) is 5.56 Å². The van der Waals surface area contributed by atoms with Crippen LogP contribution >= 0.6 is 0 Å². The molecule has 82 valence electrons. The number of benzene rings is 1. The molecule has 0 fully saturated rings. The Morgan fingerprint density at radius 3 is 2.60 bits per heavy atom. The van der Waals surface area contributed by atoms with Crippen molar-refractivity contribution in [3.8, 4) is 5.75 Å². The van der Waals surface area contributed by atoms with Crippen molar-refractivity contribution in [2.45, 2.75) is 18.6 Å². The number of aromatic hydroxyl groups is 1. The van der Waals surface area contributed by atoms with Crippen LogP contribution in [0.1, 0.15) is 18.1 Å². The summed E-state index contributed by atoms with van der Waals surface area (Å²) in [4.78, 5) is 10.5. The van der Waals surface area contributed by atoms with Crippen molar-refractivity contribution in [1.82, 2.24) is 0 Å². The van der Waals surface area contributed by atoms with Crippen LogP contribution in [0.2, 0.25) is 0 Å². The van der Waals surface area contributed by atoms with Gasteiger partial charge in [-0.2, -0.15) is 0 Å². The van der Waals surface area contributed by atoms with E-state index in [-0.39, 0.29) is 12.2 Å². The molecule has 15 heavy (non-hydrogen) atoms. The molecule has 0 saturated carbocycles. The summed E-state index contributed by atoms with van der Waals surface area (Å²) < 4.78 is 0. The molecule has 0 heterocycles. The minimum atomic E-state index is -1.26. The quantitative estimate of drug-likeness (QED) is 0.547. The van der Waals surface area contributed by atoms with E-state index in [0.717, 1.165) is 0 Å². The van der Waals surface area contributed by atoms with Gasteiger partial charge in [-0.1, -0.05) is 12.1 Å². The molecule has 0 radical (unpaired) electrons. The van der Waals surface area contributed by atoms with Crippen molar-refractivity contribution in [1.29, 1.82) is 0 Å². The zero-order valence-corrected chi connectivity index (χ0v) is 8.00. The molecule has 2 atom stereocenters. The van der Waals surface area contributed by atoms with E-state index in [4.69, 9.17) is 10.8 Å². The molecule has 5 N–H and O–H groups in total. The molecule has 0 bridgehead atoms. The van der Waals surface area contributed by atoms with Crippen molar-refractivity contribution in [2.24, 2.45) is 5.73 Å². The highest BCUT2D eigenvalue weighted by Crippen LogP contribution is 2.22. The van der Waals surface area contributed by atoms with E-state index in [1.54, 1.807) is 0 Å². The number of hydrogen-bond donors (Lipinski definition) is 4. The zero-order chi connectivity index (χ0) is 11.4. The van der Waals surface area contributed by atoms with E-state index in [1.807, 2.05) is 0 Å². The molecule has 0 aliphatic carbocycles. The maximum absolute atomic E-state index is 10.5. The molecule has 1 aromatic rings. The number of amides is 1. The third-order valence-electron chi connectivity index (χ3n) is 1.99. The van der Waals surface area contributed by atoms with Crippen molar-refractivity contribution >= 4 is 5.91 Å². The Bertz CT molecular complexity index is 353. The first-order chi connectivity index (χ1) is 7.00. The van der Waals surface area contributed by atoms with Gasteiger partial charge in [0, 0.05) is 0 Å². The molecule has 0 aliphatic heterocycles. The Kier molecular flexibility index (Phi) is 3.65. The lowest BCUT2D eigenvalue weighted by Crippen LogP contribution is -2.25. The highest BCUT2D eigenvalue weighted by Gasteiger charge is 2.20. The Morgan fingerprint density at radius 2 is 2.07 bits per heavy atom. The van der Waals surface area contributed by atoms with Crippen molar-refractivity contribution < 1.29 is 20.1 Å². The number of aliphatic hydroxyl groups is 2. The molecule has 1 rings (SSSR count). The minimum absolute atomic E-state index is 0.0159.